The normalized spacial score (nSPS) is 10.5. The lowest BCUT2D eigenvalue weighted by Crippen LogP contribution is -2.23. The molecule has 2 aromatic rings. The quantitative estimate of drug-likeness (QED) is 0.423. The SMILES string of the molecule is NNCCCOCc1ccccc1OCc1ccccc1. The molecule has 4 nitrogen and oxygen atoms in total. The molecular formula is C17H22N2O2. The summed E-state index contributed by atoms with van der Waals surface area (Å²) in [5, 5.41) is 0. The first-order valence-electron chi connectivity index (χ1n) is 7.16. The average Bonchev–Trinajstić information content (AvgIpc) is 2.55. The molecule has 2 rings (SSSR count). The maximum absolute atomic E-state index is 5.89. The highest BCUT2D eigenvalue weighted by atomic mass is 16.5. The monoisotopic (exact) mass is 286 g/mol. The third-order valence-electron chi connectivity index (χ3n) is 3.08. The molecule has 112 valence electrons. The number of para-hydroxylation sites is 1. The molecule has 0 unspecified atom stereocenters. The largest absolute Gasteiger partial charge is 0.489 e. The molecule has 0 amide bonds. The van der Waals surface area contributed by atoms with Gasteiger partial charge in [-0.05, 0) is 18.1 Å². The molecule has 0 bridgehead atoms. The number of rotatable bonds is 9. The lowest BCUT2D eigenvalue weighted by atomic mass is 10.2. The van der Waals surface area contributed by atoms with Gasteiger partial charge in [-0.25, -0.2) is 0 Å². The van der Waals surface area contributed by atoms with Gasteiger partial charge in [0.1, 0.15) is 12.4 Å². The van der Waals surface area contributed by atoms with Gasteiger partial charge in [-0.3, -0.25) is 11.3 Å². The topological polar surface area (TPSA) is 56.5 Å². The van der Waals surface area contributed by atoms with Crippen molar-refractivity contribution in [2.45, 2.75) is 19.6 Å². The molecule has 0 radical (unpaired) electrons. The van der Waals surface area contributed by atoms with Crippen molar-refractivity contribution >= 4 is 0 Å². The molecule has 0 saturated heterocycles. The minimum Gasteiger partial charge on any atom is -0.489 e. The Labute approximate surface area is 125 Å². The van der Waals surface area contributed by atoms with Gasteiger partial charge in [0.15, 0.2) is 0 Å². The number of ether oxygens (including phenoxy) is 2. The van der Waals surface area contributed by atoms with E-state index in [1.807, 2.05) is 42.5 Å². The molecule has 0 aliphatic rings. The Balaban J connectivity index is 1.84. The van der Waals surface area contributed by atoms with Gasteiger partial charge in [-0.15, -0.1) is 0 Å². The number of hydrogen-bond acceptors (Lipinski definition) is 4. The summed E-state index contributed by atoms with van der Waals surface area (Å²) in [5.74, 6) is 6.09. The molecule has 3 N–H and O–H groups in total. The van der Waals surface area contributed by atoms with Gasteiger partial charge < -0.3 is 9.47 Å². The third kappa shape index (κ3) is 5.55. The Morgan fingerprint density at radius 2 is 1.67 bits per heavy atom. The Hall–Kier alpha value is -1.88. The van der Waals surface area contributed by atoms with Crippen molar-refractivity contribution in [3.63, 3.8) is 0 Å². The first-order valence-corrected chi connectivity index (χ1v) is 7.16. The highest BCUT2D eigenvalue weighted by Gasteiger charge is 2.03. The number of nitrogens with one attached hydrogen (secondary N) is 1. The lowest BCUT2D eigenvalue weighted by Gasteiger charge is -2.12. The van der Waals surface area contributed by atoms with Crippen molar-refractivity contribution < 1.29 is 9.47 Å². The molecular weight excluding hydrogens is 264 g/mol. The number of benzene rings is 2. The van der Waals surface area contributed by atoms with E-state index < -0.39 is 0 Å². The van der Waals surface area contributed by atoms with E-state index in [0.717, 1.165) is 29.8 Å². The highest BCUT2D eigenvalue weighted by molar-refractivity contribution is 5.33. The van der Waals surface area contributed by atoms with Gasteiger partial charge in [0.25, 0.3) is 0 Å². The highest BCUT2D eigenvalue weighted by Crippen LogP contribution is 2.20. The summed E-state index contributed by atoms with van der Waals surface area (Å²) in [6.45, 7) is 2.55. The molecule has 4 heteroatoms. The van der Waals surface area contributed by atoms with Crippen LogP contribution < -0.4 is 16.0 Å². The van der Waals surface area contributed by atoms with Crippen molar-refractivity contribution in [3.8, 4) is 5.75 Å². The first-order chi connectivity index (χ1) is 10.4. The van der Waals surface area contributed by atoms with E-state index in [1.54, 1.807) is 0 Å². The first kappa shape index (κ1) is 15.5. The van der Waals surface area contributed by atoms with Crippen LogP contribution in [0.3, 0.4) is 0 Å². The van der Waals surface area contributed by atoms with Crippen LogP contribution in [-0.4, -0.2) is 13.2 Å². The second-order valence-corrected chi connectivity index (χ2v) is 4.74. The van der Waals surface area contributed by atoms with Crippen LogP contribution in [0, 0.1) is 0 Å². The zero-order chi connectivity index (χ0) is 14.8. The molecule has 0 spiro atoms. The van der Waals surface area contributed by atoms with E-state index in [1.165, 1.54) is 0 Å². The number of hydrazine groups is 1. The fourth-order valence-electron chi connectivity index (χ4n) is 1.96. The van der Waals surface area contributed by atoms with Gasteiger partial charge in [0, 0.05) is 18.7 Å². The van der Waals surface area contributed by atoms with Crippen LogP contribution in [0.4, 0.5) is 0 Å². The fraction of sp³-hybridized carbons (Fsp3) is 0.294. The van der Waals surface area contributed by atoms with Crippen LogP contribution in [0.15, 0.2) is 54.6 Å². The van der Waals surface area contributed by atoms with Crippen LogP contribution in [0.1, 0.15) is 17.5 Å². The maximum atomic E-state index is 5.89. The van der Waals surface area contributed by atoms with E-state index in [0.29, 0.717) is 19.8 Å². The van der Waals surface area contributed by atoms with Crippen molar-refractivity contribution in [3.05, 3.63) is 65.7 Å². The van der Waals surface area contributed by atoms with Crippen molar-refractivity contribution in [1.82, 2.24) is 5.43 Å². The average molecular weight is 286 g/mol. The van der Waals surface area contributed by atoms with Crippen LogP contribution in [-0.2, 0) is 18.0 Å². The zero-order valence-corrected chi connectivity index (χ0v) is 12.1. The molecule has 0 heterocycles. The second kappa shape index (κ2) is 9.13. The van der Waals surface area contributed by atoms with Crippen molar-refractivity contribution in [1.29, 1.82) is 0 Å². The summed E-state index contributed by atoms with van der Waals surface area (Å²) in [6, 6.07) is 18.1. The summed E-state index contributed by atoms with van der Waals surface area (Å²) in [7, 11) is 0. The smallest absolute Gasteiger partial charge is 0.125 e. The van der Waals surface area contributed by atoms with Crippen LogP contribution in [0.2, 0.25) is 0 Å². The molecule has 21 heavy (non-hydrogen) atoms. The minimum absolute atomic E-state index is 0.551. The van der Waals surface area contributed by atoms with Crippen LogP contribution in [0.5, 0.6) is 5.75 Å². The molecule has 0 saturated carbocycles. The van der Waals surface area contributed by atoms with Gasteiger partial charge in [-0.1, -0.05) is 48.5 Å². The van der Waals surface area contributed by atoms with E-state index in [-0.39, 0.29) is 0 Å². The molecule has 2 aromatic carbocycles. The zero-order valence-electron chi connectivity index (χ0n) is 12.1. The molecule has 0 fully saturated rings. The lowest BCUT2D eigenvalue weighted by molar-refractivity contribution is 0.115. The number of hydrogen-bond donors (Lipinski definition) is 2. The standard InChI is InChI=1S/C17H22N2O2/c18-19-11-6-12-20-14-16-9-4-5-10-17(16)21-13-15-7-2-1-3-8-15/h1-5,7-10,19H,6,11-14,18H2. The van der Waals surface area contributed by atoms with E-state index >= 15 is 0 Å². The van der Waals surface area contributed by atoms with Gasteiger partial charge in [0.2, 0.25) is 0 Å². The minimum atomic E-state index is 0.551. The summed E-state index contributed by atoms with van der Waals surface area (Å²) in [6.07, 6.45) is 0.892. The van der Waals surface area contributed by atoms with Crippen molar-refractivity contribution in [2.75, 3.05) is 13.2 Å². The van der Waals surface area contributed by atoms with Gasteiger partial charge in [-0.2, -0.15) is 0 Å². The summed E-state index contributed by atoms with van der Waals surface area (Å²) in [4.78, 5) is 0. The van der Waals surface area contributed by atoms with Gasteiger partial charge >= 0.3 is 0 Å². The summed E-state index contributed by atoms with van der Waals surface area (Å²) in [5.41, 5.74) is 4.83. The Kier molecular flexibility index (Phi) is 6.74. The Bertz CT molecular complexity index is 517. The Morgan fingerprint density at radius 3 is 2.48 bits per heavy atom. The predicted octanol–water partition coefficient (Wildman–Crippen LogP) is 2.64. The summed E-state index contributed by atoms with van der Waals surface area (Å²) >= 11 is 0. The van der Waals surface area contributed by atoms with E-state index in [9.17, 15) is 0 Å². The van der Waals surface area contributed by atoms with Crippen LogP contribution >= 0.6 is 0 Å². The van der Waals surface area contributed by atoms with Crippen molar-refractivity contribution in [2.24, 2.45) is 5.84 Å². The third-order valence-corrected chi connectivity index (χ3v) is 3.08. The van der Waals surface area contributed by atoms with E-state index in [2.05, 4.69) is 17.6 Å². The predicted molar refractivity (Wildman–Crippen MR) is 83.7 cm³/mol. The maximum Gasteiger partial charge on any atom is 0.125 e. The molecule has 0 aliphatic heterocycles. The Morgan fingerprint density at radius 1 is 0.905 bits per heavy atom. The fourth-order valence-corrected chi connectivity index (χ4v) is 1.96. The summed E-state index contributed by atoms with van der Waals surface area (Å²) < 4.78 is 11.5. The molecule has 0 aromatic heterocycles. The van der Waals surface area contributed by atoms with Gasteiger partial charge in [0.05, 0.1) is 6.61 Å². The second-order valence-electron chi connectivity index (χ2n) is 4.74. The number of nitrogens with two attached hydrogens (primary N) is 1. The molecule has 0 atom stereocenters. The van der Waals surface area contributed by atoms with Crippen LogP contribution in [0.25, 0.3) is 0 Å². The van der Waals surface area contributed by atoms with E-state index in [4.69, 9.17) is 15.3 Å². The molecule has 0 aliphatic carbocycles.